The van der Waals surface area contributed by atoms with Crippen LogP contribution in [0.15, 0.2) is 4.99 Å². The molecule has 1 atom stereocenters. The van der Waals surface area contributed by atoms with Gasteiger partial charge in [-0.1, -0.05) is 26.2 Å². The van der Waals surface area contributed by atoms with Crippen LogP contribution in [-0.4, -0.2) is 58.7 Å². The third-order valence-corrected chi connectivity index (χ3v) is 3.98. The lowest BCUT2D eigenvalue weighted by Gasteiger charge is -2.17. The molecule has 0 aliphatic rings. The van der Waals surface area contributed by atoms with E-state index in [1.54, 1.807) is 0 Å². The molecule has 0 saturated heterocycles. The van der Waals surface area contributed by atoms with Gasteiger partial charge in [-0.3, -0.25) is 4.99 Å². The molecule has 0 saturated carbocycles. The van der Waals surface area contributed by atoms with E-state index in [2.05, 4.69) is 29.5 Å². The number of unbranched alkanes of at least 4 members (excludes halogenated alkanes) is 2. The number of hydrogen-bond donors (Lipinski definition) is 2. The van der Waals surface area contributed by atoms with Crippen molar-refractivity contribution < 1.29 is 13.2 Å². The molecule has 0 fully saturated rings. The van der Waals surface area contributed by atoms with Crippen molar-refractivity contribution in [2.45, 2.75) is 52.5 Å². The predicted octanol–water partition coefficient (Wildman–Crippen LogP) is 2.19. The van der Waals surface area contributed by atoms with Crippen LogP contribution in [0.1, 0.15) is 46.5 Å². The van der Waals surface area contributed by atoms with E-state index in [-0.39, 0.29) is 36.3 Å². The molecule has 2 N–H and O–H groups in total. The molecule has 1 unspecified atom stereocenters. The molecule has 0 radical (unpaired) electrons. The molecule has 0 spiro atoms. The number of guanidine groups is 1. The van der Waals surface area contributed by atoms with Crippen molar-refractivity contribution in [3.8, 4) is 0 Å². The SMILES string of the molecule is CCCCCC(C)NC(=NCCOCCS(C)(=O)=O)NCC.I. The molecule has 0 rings (SSSR count). The molecule has 0 bridgehead atoms. The first kappa shape index (κ1) is 25.2. The zero-order valence-electron chi connectivity index (χ0n) is 14.9. The average molecular weight is 463 g/mol. The summed E-state index contributed by atoms with van der Waals surface area (Å²) in [6, 6.07) is 0.385. The fourth-order valence-electron chi connectivity index (χ4n) is 1.86. The van der Waals surface area contributed by atoms with Crippen molar-refractivity contribution in [3.63, 3.8) is 0 Å². The van der Waals surface area contributed by atoms with Gasteiger partial charge in [-0.05, 0) is 20.3 Å². The highest BCUT2D eigenvalue weighted by Crippen LogP contribution is 2.02. The summed E-state index contributed by atoms with van der Waals surface area (Å²) in [5.74, 6) is 0.849. The molecule has 8 heteroatoms. The quantitative estimate of drug-likeness (QED) is 0.201. The molecular formula is C15H34IN3O3S. The minimum Gasteiger partial charge on any atom is -0.378 e. The number of nitrogens with zero attached hydrogens (tertiary/aromatic N) is 1. The molecule has 0 aromatic carbocycles. The Morgan fingerprint density at radius 2 is 1.91 bits per heavy atom. The van der Waals surface area contributed by atoms with Crippen LogP contribution >= 0.6 is 24.0 Å². The number of ether oxygens (including phenoxy) is 1. The van der Waals surface area contributed by atoms with E-state index in [0.29, 0.717) is 19.2 Å². The lowest BCUT2D eigenvalue weighted by Crippen LogP contribution is -2.42. The van der Waals surface area contributed by atoms with E-state index in [0.717, 1.165) is 18.9 Å². The summed E-state index contributed by atoms with van der Waals surface area (Å²) in [4.78, 5) is 4.44. The Hall–Kier alpha value is -0.0900. The van der Waals surface area contributed by atoms with Gasteiger partial charge < -0.3 is 15.4 Å². The van der Waals surface area contributed by atoms with Crippen molar-refractivity contribution in [2.24, 2.45) is 4.99 Å². The molecule has 140 valence electrons. The highest BCUT2D eigenvalue weighted by molar-refractivity contribution is 14.0. The monoisotopic (exact) mass is 463 g/mol. The Bertz CT molecular complexity index is 403. The van der Waals surface area contributed by atoms with E-state index in [1.165, 1.54) is 25.5 Å². The highest BCUT2D eigenvalue weighted by Gasteiger charge is 2.05. The Labute approximate surface area is 159 Å². The van der Waals surface area contributed by atoms with Crippen molar-refractivity contribution in [3.05, 3.63) is 0 Å². The van der Waals surface area contributed by atoms with Crippen LogP contribution < -0.4 is 10.6 Å². The van der Waals surface area contributed by atoms with Gasteiger partial charge in [0.15, 0.2) is 5.96 Å². The van der Waals surface area contributed by atoms with Gasteiger partial charge in [0.25, 0.3) is 0 Å². The van der Waals surface area contributed by atoms with E-state index in [4.69, 9.17) is 4.74 Å². The lowest BCUT2D eigenvalue weighted by molar-refractivity contribution is 0.157. The van der Waals surface area contributed by atoms with Crippen molar-refractivity contribution in [1.82, 2.24) is 10.6 Å². The molecule has 0 aromatic heterocycles. The van der Waals surface area contributed by atoms with Gasteiger partial charge in [-0.25, -0.2) is 8.42 Å². The zero-order valence-corrected chi connectivity index (χ0v) is 18.1. The number of nitrogens with one attached hydrogen (secondary N) is 2. The van der Waals surface area contributed by atoms with Gasteiger partial charge in [-0.2, -0.15) is 0 Å². The third kappa shape index (κ3) is 18.1. The maximum Gasteiger partial charge on any atom is 0.191 e. The summed E-state index contributed by atoms with van der Waals surface area (Å²) >= 11 is 0. The second-order valence-electron chi connectivity index (χ2n) is 5.54. The molecular weight excluding hydrogens is 429 g/mol. The molecule has 6 nitrogen and oxygen atoms in total. The Morgan fingerprint density at radius 3 is 2.48 bits per heavy atom. The van der Waals surface area contributed by atoms with Crippen LogP contribution in [0.4, 0.5) is 0 Å². The highest BCUT2D eigenvalue weighted by atomic mass is 127. The first-order valence-electron chi connectivity index (χ1n) is 8.19. The molecule has 0 heterocycles. The second-order valence-corrected chi connectivity index (χ2v) is 7.80. The largest absolute Gasteiger partial charge is 0.378 e. The summed E-state index contributed by atoms with van der Waals surface area (Å²) < 4.78 is 27.2. The van der Waals surface area contributed by atoms with Crippen LogP contribution in [0.2, 0.25) is 0 Å². The number of halogens is 1. The van der Waals surface area contributed by atoms with E-state index >= 15 is 0 Å². The van der Waals surface area contributed by atoms with Gasteiger partial charge in [0, 0.05) is 18.8 Å². The van der Waals surface area contributed by atoms with Crippen molar-refractivity contribution in [2.75, 3.05) is 38.3 Å². The Balaban J connectivity index is 0. The summed E-state index contributed by atoms with van der Waals surface area (Å²) in [5.41, 5.74) is 0. The van der Waals surface area contributed by atoms with Crippen LogP contribution in [-0.2, 0) is 14.6 Å². The maximum absolute atomic E-state index is 11.0. The maximum atomic E-state index is 11.0. The van der Waals surface area contributed by atoms with Crippen LogP contribution in [0.25, 0.3) is 0 Å². The third-order valence-electron chi connectivity index (χ3n) is 3.07. The standard InChI is InChI=1S/C15H33N3O3S.HI/c1-5-7-8-9-14(3)18-15(16-6-2)17-10-11-21-12-13-22(4,19)20;/h14H,5-13H2,1-4H3,(H2,16,17,18);1H. The summed E-state index contributed by atoms with van der Waals surface area (Å²) in [5, 5.41) is 6.59. The number of sulfone groups is 1. The van der Waals surface area contributed by atoms with Gasteiger partial charge in [0.1, 0.15) is 9.84 Å². The minimum absolute atomic E-state index is 0. The van der Waals surface area contributed by atoms with Gasteiger partial charge in [-0.15, -0.1) is 24.0 Å². The normalized spacial score (nSPS) is 13.3. The topological polar surface area (TPSA) is 79.8 Å². The van der Waals surface area contributed by atoms with Gasteiger partial charge in [0.05, 0.1) is 25.5 Å². The molecule has 0 aliphatic carbocycles. The second kappa shape index (κ2) is 15.4. The molecule has 23 heavy (non-hydrogen) atoms. The fourth-order valence-corrected chi connectivity index (χ4v) is 2.28. The van der Waals surface area contributed by atoms with Crippen LogP contribution in [0, 0.1) is 0 Å². The van der Waals surface area contributed by atoms with Crippen LogP contribution in [0.3, 0.4) is 0 Å². The van der Waals surface area contributed by atoms with Crippen molar-refractivity contribution >= 4 is 39.8 Å². The smallest absolute Gasteiger partial charge is 0.191 e. The molecule has 0 aromatic rings. The van der Waals surface area contributed by atoms with Gasteiger partial charge >= 0.3 is 0 Å². The summed E-state index contributed by atoms with van der Waals surface area (Å²) in [6.45, 7) is 8.37. The Kier molecular flexibility index (Phi) is 16.9. The number of rotatable bonds is 12. The number of aliphatic imine (C=N–C) groups is 1. The first-order valence-corrected chi connectivity index (χ1v) is 10.2. The summed E-state index contributed by atoms with van der Waals surface area (Å²) in [6.07, 6.45) is 6.04. The predicted molar refractivity (Wildman–Crippen MR) is 109 cm³/mol. The summed E-state index contributed by atoms with van der Waals surface area (Å²) in [7, 11) is -2.95. The lowest BCUT2D eigenvalue weighted by atomic mass is 10.1. The number of hydrogen-bond acceptors (Lipinski definition) is 4. The Morgan fingerprint density at radius 1 is 1.22 bits per heavy atom. The minimum atomic E-state index is -2.95. The van der Waals surface area contributed by atoms with Crippen LogP contribution in [0.5, 0.6) is 0 Å². The fraction of sp³-hybridized carbons (Fsp3) is 0.933. The average Bonchev–Trinajstić information content (AvgIpc) is 2.42. The van der Waals surface area contributed by atoms with E-state index in [9.17, 15) is 8.42 Å². The van der Waals surface area contributed by atoms with Crippen molar-refractivity contribution in [1.29, 1.82) is 0 Å². The molecule has 0 aliphatic heterocycles. The molecule has 0 amide bonds. The van der Waals surface area contributed by atoms with Gasteiger partial charge in [0.2, 0.25) is 0 Å². The van der Waals surface area contributed by atoms with E-state index < -0.39 is 9.84 Å². The zero-order chi connectivity index (χ0) is 16.8. The van der Waals surface area contributed by atoms with E-state index in [1.807, 2.05) is 6.92 Å². The first-order chi connectivity index (χ1) is 10.4.